The maximum atomic E-state index is 4.42. The van der Waals surface area contributed by atoms with Gasteiger partial charge in [0, 0.05) is 5.71 Å². The Labute approximate surface area is 74.2 Å². The topological polar surface area (TPSA) is 12.4 Å². The van der Waals surface area contributed by atoms with Gasteiger partial charge in [0.1, 0.15) is 0 Å². The van der Waals surface area contributed by atoms with E-state index >= 15 is 0 Å². The Kier molecular flexibility index (Phi) is 2.64. The van der Waals surface area contributed by atoms with Crippen molar-refractivity contribution >= 4 is 11.4 Å². The lowest BCUT2D eigenvalue weighted by Gasteiger charge is -2.01. The second-order valence-electron chi connectivity index (χ2n) is 3.35. The number of aliphatic imine (C=N–C) groups is 1. The fraction of sp³-hybridized carbons (Fsp3) is 0.364. The molecule has 1 nitrogen and oxygen atoms in total. The number of aryl methyl sites for hydroxylation is 2. The van der Waals surface area contributed by atoms with Crippen LogP contribution in [0.3, 0.4) is 0 Å². The summed E-state index contributed by atoms with van der Waals surface area (Å²) in [6.07, 6.45) is 0. The van der Waals surface area contributed by atoms with Crippen molar-refractivity contribution in [2.24, 2.45) is 4.99 Å². The zero-order valence-electron chi connectivity index (χ0n) is 8.18. The van der Waals surface area contributed by atoms with Crippen LogP contribution in [0, 0.1) is 13.8 Å². The number of hydrogen-bond donors (Lipinski definition) is 0. The SMILES string of the molecule is CC(C)=Nc1ccc(C)cc1C. The molecule has 0 heterocycles. The van der Waals surface area contributed by atoms with E-state index in [-0.39, 0.29) is 0 Å². The van der Waals surface area contributed by atoms with Gasteiger partial charge in [0.15, 0.2) is 0 Å². The third-order valence-electron chi connectivity index (χ3n) is 1.70. The first-order valence-electron chi connectivity index (χ1n) is 4.19. The molecule has 0 N–H and O–H groups in total. The van der Waals surface area contributed by atoms with E-state index in [0.29, 0.717) is 0 Å². The minimum absolute atomic E-state index is 1.08. The first kappa shape index (κ1) is 8.98. The lowest BCUT2D eigenvalue weighted by atomic mass is 10.1. The summed E-state index contributed by atoms with van der Waals surface area (Å²) in [5, 5.41) is 0. The summed E-state index contributed by atoms with van der Waals surface area (Å²) >= 11 is 0. The Bertz CT molecular complexity index is 307. The van der Waals surface area contributed by atoms with Crippen LogP contribution in [0.4, 0.5) is 5.69 Å². The summed E-state index contributed by atoms with van der Waals surface area (Å²) in [6, 6.07) is 6.31. The summed E-state index contributed by atoms with van der Waals surface area (Å²) in [6.45, 7) is 8.21. The first-order chi connectivity index (χ1) is 5.59. The number of hydrogen-bond acceptors (Lipinski definition) is 1. The summed E-state index contributed by atoms with van der Waals surface area (Å²) in [5.41, 5.74) is 4.72. The van der Waals surface area contributed by atoms with Gasteiger partial charge < -0.3 is 0 Å². The van der Waals surface area contributed by atoms with Crippen LogP contribution in [0.15, 0.2) is 23.2 Å². The predicted molar refractivity (Wildman–Crippen MR) is 54.4 cm³/mol. The van der Waals surface area contributed by atoms with Crippen LogP contribution in [-0.2, 0) is 0 Å². The van der Waals surface area contributed by atoms with E-state index in [1.165, 1.54) is 11.1 Å². The largest absolute Gasteiger partial charge is 0.258 e. The molecule has 0 aliphatic heterocycles. The fourth-order valence-electron chi connectivity index (χ4n) is 1.17. The Morgan fingerprint density at radius 3 is 2.33 bits per heavy atom. The molecule has 0 saturated carbocycles. The zero-order chi connectivity index (χ0) is 9.14. The average molecular weight is 161 g/mol. The van der Waals surface area contributed by atoms with Gasteiger partial charge in [-0.15, -0.1) is 0 Å². The van der Waals surface area contributed by atoms with Crippen molar-refractivity contribution in [3.8, 4) is 0 Å². The summed E-state index contributed by atoms with van der Waals surface area (Å²) in [4.78, 5) is 4.42. The molecule has 0 amide bonds. The van der Waals surface area contributed by atoms with Gasteiger partial charge in [0.05, 0.1) is 5.69 Å². The van der Waals surface area contributed by atoms with E-state index in [0.717, 1.165) is 11.4 Å². The number of nitrogens with zero attached hydrogens (tertiary/aromatic N) is 1. The maximum Gasteiger partial charge on any atom is 0.0658 e. The summed E-state index contributed by atoms with van der Waals surface area (Å²) in [5.74, 6) is 0. The third-order valence-corrected chi connectivity index (χ3v) is 1.70. The van der Waals surface area contributed by atoms with Crippen LogP contribution in [0.25, 0.3) is 0 Å². The molecule has 1 aromatic rings. The normalized spacial score (nSPS) is 9.67. The van der Waals surface area contributed by atoms with E-state index in [4.69, 9.17) is 0 Å². The van der Waals surface area contributed by atoms with Crippen molar-refractivity contribution in [1.29, 1.82) is 0 Å². The zero-order valence-corrected chi connectivity index (χ0v) is 8.18. The highest BCUT2D eigenvalue weighted by molar-refractivity contribution is 5.82. The van der Waals surface area contributed by atoms with Gasteiger partial charge in [-0.3, -0.25) is 4.99 Å². The van der Waals surface area contributed by atoms with Crippen LogP contribution in [0.2, 0.25) is 0 Å². The van der Waals surface area contributed by atoms with E-state index in [1.807, 2.05) is 13.8 Å². The van der Waals surface area contributed by atoms with E-state index < -0.39 is 0 Å². The van der Waals surface area contributed by atoms with Crippen LogP contribution in [-0.4, -0.2) is 5.71 Å². The highest BCUT2D eigenvalue weighted by atomic mass is 14.7. The highest BCUT2D eigenvalue weighted by Gasteiger charge is 1.94. The molecular formula is C11H15N. The van der Waals surface area contributed by atoms with Crippen molar-refractivity contribution < 1.29 is 0 Å². The van der Waals surface area contributed by atoms with Gasteiger partial charge >= 0.3 is 0 Å². The van der Waals surface area contributed by atoms with Gasteiger partial charge in [-0.1, -0.05) is 17.7 Å². The molecule has 0 unspecified atom stereocenters. The molecule has 0 aromatic heterocycles. The molecule has 1 heteroatoms. The maximum absolute atomic E-state index is 4.42. The van der Waals surface area contributed by atoms with Gasteiger partial charge in [0.25, 0.3) is 0 Å². The molecule has 1 rings (SSSR count). The molecule has 64 valence electrons. The second kappa shape index (κ2) is 3.53. The summed E-state index contributed by atoms with van der Waals surface area (Å²) in [7, 11) is 0. The van der Waals surface area contributed by atoms with Crippen molar-refractivity contribution in [2.45, 2.75) is 27.7 Å². The Morgan fingerprint density at radius 2 is 1.83 bits per heavy atom. The molecule has 0 aliphatic rings. The molecule has 1 aromatic carbocycles. The van der Waals surface area contributed by atoms with Gasteiger partial charge in [-0.05, 0) is 39.3 Å². The van der Waals surface area contributed by atoms with Crippen LogP contribution in [0.1, 0.15) is 25.0 Å². The molecule has 0 spiro atoms. The Morgan fingerprint density at radius 1 is 1.17 bits per heavy atom. The molecule has 0 radical (unpaired) electrons. The standard InChI is InChI=1S/C11H15N/c1-8(2)12-11-6-5-9(3)7-10(11)4/h5-7H,1-4H3. The Hall–Kier alpha value is -1.11. The van der Waals surface area contributed by atoms with Crippen LogP contribution >= 0.6 is 0 Å². The second-order valence-corrected chi connectivity index (χ2v) is 3.35. The van der Waals surface area contributed by atoms with Crippen LogP contribution < -0.4 is 0 Å². The van der Waals surface area contributed by atoms with Crippen molar-refractivity contribution in [1.82, 2.24) is 0 Å². The molecule has 0 atom stereocenters. The number of benzene rings is 1. The van der Waals surface area contributed by atoms with Crippen molar-refractivity contribution in [3.05, 3.63) is 29.3 Å². The van der Waals surface area contributed by atoms with E-state index in [9.17, 15) is 0 Å². The predicted octanol–water partition coefficient (Wildman–Crippen LogP) is 3.42. The third kappa shape index (κ3) is 2.19. The molecule has 12 heavy (non-hydrogen) atoms. The Balaban J connectivity index is 3.10. The minimum Gasteiger partial charge on any atom is -0.258 e. The van der Waals surface area contributed by atoms with Gasteiger partial charge in [-0.25, -0.2) is 0 Å². The van der Waals surface area contributed by atoms with E-state index in [2.05, 4.69) is 37.0 Å². The highest BCUT2D eigenvalue weighted by Crippen LogP contribution is 2.19. The molecule has 0 bridgehead atoms. The minimum atomic E-state index is 1.08. The fourth-order valence-corrected chi connectivity index (χ4v) is 1.17. The van der Waals surface area contributed by atoms with Crippen molar-refractivity contribution in [3.63, 3.8) is 0 Å². The quantitative estimate of drug-likeness (QED) is 0.560. The van der Waals surface area contributed by atoms with E-state index in [1.54, 1.807) is 0 Å². The summed E-state index contributed by atoms with van der Waals surface area (Å²) < 4.78 is 0. The van der Waals surface area contributed by atoms with Crippen molar-refractivity contribution in [2.75, 3.05) is 0 Å². The lowest BCUT2D eigenvalue weighted by Crippen LogP contribution is -1.82. The molecule has 0 fully saturated rings. The lowest BCUT2D eigenvalue weighted by molar-refractivity contribution is 1.34. The smallest absolute Gasteiger partial charge is 0.0658 e. The monoisotopic (exact) mass is 161 g/mol. The van der Waals surface area contributed by atoms with Gasteiger partial charge in [0.2, 0.25) is 0 Å². The molecule has 0 aliphatic carbocycles. The number of rotatable bonds is 1. The van der Waals surface area contributed by atoms with Gasteiger partial charge in [-0.2, -0.15) is 0 Å². The van der Waals surface area contributed by atoms with Crippen LogP contribution in [0.5, 0.6) is 0 Å². The molecule has 0 saturated heterocycles. The average Bonchev–Trinajstić information content (AvgIpc) is 1.94. The first-order valence-corrected chi connectivity index (χ1v) is 4.19. The molecular weight excluding hydrogens is 146 g/mol.